The molecule has 1 saturated heterocycles. The van der Waals surface area contributed by atoms with Gasteiger partial charge in [0.05, 0.1) is 0 Å². The van der Waals surface area contributed by atoms with E-state index in [-0.39, 0.29) is 0 Å². The Morgan fingerprint density at radius 2 is 2.06 bits per heavy atom. The summed E-state index contributed by atoms with van der Waals surface area (Å²) in [6.45, 7) is 7.23. The molecule has 3 nitrogen and oxygen atoms in total. The van der Waals surface area contributed by atoms with E-state index in [2.05, 4.69) is 40.2 Å². The fraction of sp³-hybridized carbons (Fsp3) is 0.714. The molecule has 0 spiro atoms. The van der Waals surface area contributed by atoms with Gasteiger partial charge in [0.2, 0.25) is 0 Å². The Balaban J connectivity index is 1.73. The van der Waals surface area contributed by atoms with Crippen molar-refractivity contribution < 1.29 is 0 Å². The third-order valence-corrected chi connectivity index (χ3v) is 3.80. The average molecular weight is 235 g/mol. The summed E-state index contributed by atoms with van der Waals surface area (Å²) in [4.78, 5) is 2.58. The first-order valence-corrected chi connectivity index (χ1v) is 6.85. The van der Waals surface area contributed by atoms with Crippen LogP contribution in [0.5, 0.6) is 0 Å². The molecule has 0 aromatic carbocycles. The molecule has 1 aromatic heterocycles. The van der Waals surface area contributed by atoms with Gasteiger partial charge in [-0.05, 0) is 64.5 Å². The predicted octanol–water partition coefficient (Wildman–Crippen LogP) is 2.25. The van der Waals surface area contributed by atoms with Gasteiger partial charge in [0, 0.05) is 25.0 Å². The van der Waals surface area contributed by atoms with Crippen molar-refractivity contribution in [1.29, 1.82) is 0 Å². The zero-order valence-corrected chi connectivity index (χ0v) is 11.2. The van der Waals surface area contributed by atoms with E-state index in [0.717, 1.165) is 6.54 Å². The van der Waals surface area contributed by atoms with Crippen LogP contribution in [0.25, 0.3) is 0 Å². The Labute approximate surface area is 105 Å². The second kappa shape index (κ2) is 6.22. The molecule has 17 heavy (non-hydrogen) atoms. The number of hydrogen-bond acceptors (Lipinski definition) is 2. The van der Waals surface area contributed by atoms with Crippen molar-refractivity contribution in [2.24, 2.45) is 0 Å². The maximum Gasteiger partial charge on any atom is 0.0304 e. The lowest BCUT2D eigenvalue weighted by molar-refractivity contribution is 0.325. The van der Waals surface area contributed by atoms with Gasteiger partial charge >= 0.3 is 0 Å². The Kier molecular flexibility index (Phi) is 4.63. The summed E-state index contributed by atoms with van der Waals surface area (Å²) >= 11 is 0. The van der Waals surface area contributed by atoms with Crippen LogP contribution >= 0.6 is 0 Å². The van der Waals surface area contributed by atoms with Crippen LogP contribution in [0.4, 0.5) is 0 Å². The summed E-state index contributed by atoms with van der Waals surface area (Å²) < 4.78 is 2.32. The fourth-order valence-corrected chi connectivity index (χ4v) is 2.50. The highest BCUT2D eigenvalue weighted by molar-refractivity contribution is 5.14. The number of nitrogens with zero attached hydrogens (tertiary/aromatic N) is 2. The van der Waals surface area contributed by atoms with Gasteiger partial charge in [0.1, 0.15) is 0 Å². The molecule has 1 aliphatic heterocycles. The van der Waals surface area contributed by atoms with E-state index in [1.807, 2.05) is 7.05 Å². The Hall–Kier alpha value is -0.800. The van der Waals surface area contributed by atoms with Gasteiger partial charge in [0.25, 0.3) is 0 Å². The van der Waals surface area contributed by atoms with Gasteiger partial charge in [-0.1, -0.05) is 0 Å². The lowest BCUT2D eigenvalue weighted by atomic mass is 10.2. The third kappa shape index (κ3) is 3.58. The lowest BCUT2D eigenvalue weighted by Crippen LogP contribution is -2.21. The molecule has 1 aliphatic rings. The van der Waals surface area contributed by atoms with Crippen LogP contribution in [0, 0.1) is 0 Å². The van der Waals surface area contributed by atoms with Crippen LogP contribution in [0.2, 0.25) is 0 Å². The van der Waals surface area contributed by atoms with E-state index in [9.17, 15) is 0 Å². The molecule has 0 amide bonds. The van der Waals surface area contributed by atoms with Crippen LogP contribution in [-0.2, 0) is 6.54 Å². The molecule has 0 saturated carbocycles. The SMILES string of the molecule is CNC(C)c1ccn(CCCN2CCCC2)c1. The van der Waals surface area contributed by atoms with Crippen LogP contribution in [0.3, 0.4) is 0 Å². The molecule has 1 N–H and O–H groups in total. The number of aryl methyl sites for hydroxylation is 1. The topological polar surface area (TPSA) is 20.2 Å². The van der Waals surface area contributed by atoms with Crippen LogP contribution in [0.15, 0.2) is 18.5 Å². The van der Waals surface area contributed by atoms with Crippen molar-refractivity contribution in [1.82, 2.24) is 14.8 Å². The maximum absolute atomic E-state index is 3.27. The van der Waals surface area contributed by atoms with Crippen molar-refractivity contribution >= 4 is 0 Å². The van der Waals surface area contributed by atoms with Crippen molar-refractivity contribution in [3.05, 3.63) is 24.0 Å². The number of hydrogen-bond donors (Lipinski definition) is 1. The van der Waals surface area contributed by atoms with Crippen molar-refractivity contribution in [2.75, 3.05) is 26.7 Å². The minimum atomic E-state index is 0.454. The molecule has 1 unspecified atom stereocenters. The molecule has 1 aromatic rings. The first kappa shape index (κ1) is 12.7. The normalized spacial score (nSPS) is 18.7. The average Bonchev–Trinajstić information content (AvgIpc) is 2.99. The maximum atomic E-state index is 3.27. The molecule has 1 fully saturated rings. The molecule has 96 valence electrons. The lowest BCUT2D eigenvalue weighted by Gasteiger charge is -2.14. The molecular weight excluding hydrogens is 210 g/mol. The summed E-state index contributed by atoms with van der Waals surface area (Å²) in [6, 6.07) is 2.67. The number of rotatable bonds is 6. The summed E-state index contributed by atoms with van der Waals surface area (Å²) in [6.07, 6.45) is 8.53. The molecule has 0 aliphatic carbocycles. The summed E-state index contributed by atoms with van der Waals surface area (Å²) in [7, 11) is 2.01. The van der Waals surface area contributed by atoms with Crippen molar-refractivity contribution in [2.45, 2.75) is 38.8 Å². The molecule has 2 heterocycles. The molecular formula is C14H25N3. The van der Waals surface area contributed by atoms with E-state index in [1.54, 1.807) is 0 Å². The first-order valence-electron chi connectivity index (χ1n) is 6.85. The zero-order valence-electron chi connectivity index (χ0n) is 11.2. The number of likely N-dealkylation sites (tertiary alicyclic amines) is 1. The van der Waals surface area contributed by atoms with Gasteiger partial charge in [-0.2, -0.15) is 0 Å². The van der Waals surface area contributed by atoms with Crippen molar-refractivity contribution in [3.63, 3.8) is 0 Å². The van der Waals surface area contributed by atoms with Crippen LogP contribution in [0.1, 0.15) is 37.8 Å². The standard InChI is InChI=1S/C14H25N3/c1-13(15-2)14-6-11-17(12-14)10-5-9-16-7-3-4-8-16/h6,11-13,15H,3-5,7-10H2,1-2H3. The molecule has 0 radical (unpaired) electrons. The second-order valence-electron chi connectivity index (χ2n) is 5.10. The Morgan fingerprint density at radius 3 is 2.76 bits per heavy atom. The van der Waals surface area contributed by atoms with Gasteiger partial charge in [0.15, 0.2) is 0 Å². The summed E-state index contributed by atoms with van der Waals surface area (Å²) in [5, 5.41) is 3.27. The minimum Gasteiger partial charge on any atom is -0.354 e. The van der Waals surface area contributed by atoms with Crippen LogP contribution < -0.4 is 5.32 Å². The first-order chi connectivity index (χ1) is 8.29. The van der Waals surface area contributed by atoms with Crippen LogP contribution in [-0.4, -0.2) is 36.1 Å². The van der Waals surface area contributed by atoms with Crippen molar-refractivity contribution in [3.8, 4) is 0 Å². The summed E-state index contributed by atoms with van der Waals surface area (Å²) in [5.41, 5.74) is 1.38. The molecule has 0 bridgehead atoms. The number of aromatic nitrogens is 1. The highest BCUT2D eigenvalue weighted by atomic mass is 15.1. The minimum absolute atomic E-state index is 0.454. The van der Waals surface area contributed by atoms with E-state index in [4.69, 9.17) is 0 Å². The molecule has 1 atom stereocenters. The Bertz CT molecular complexity index is 326. The second-order valence-corrected chi connectivity index (χ2v) is 5.10. The summed E-state index contributed by atoms with van der Waals surface area (Å²) in [5.74, 6) is 0. The monoisotopic (exact) mass is 235 g/mol. The molecule has 3 heteroatoms. The van der Waals surface area contributed by atoms with E-state index in [1.165, 1.54) is 44.5 Å². The number of nitrogens with one attached hydrogen (secondary N) is 1. The van der Waals surface area contributed by atoms with E-state index >= 15 is 0 Å². The van der Waals surface area contributed by atoms with Gasteiger partial charge in [-0.25, -0.2) is 0 Å². The quantitative estimate of drug-likeness (QED) is 0.816. The third-order valence-electron chi connectivity index (χ3n) is 3.80. The fourth-order valence-electron chi connectivity index (χ4n) is 2.50. The molecule has 2 rings (SSSR count). The highest BCUT2D eigenvalue weighted by Gasteiger charge is 2.10. The largest absolute Gasteiger partial charge is 0.354 e. The predicted molar refractivity (Wildman–Crippen MR) is 72.2 cm³/mol. The van der Waals surface area contributed by atoms with Gasteiger partial charge in [-0.3, -0.25) is 0 Å². The van der Waals surface area contributed by atoms with Gasteiger partial charge in [-0.15, -0.1) is 0 Å². The van der Waals surface area contributed by atoms with E-state index in [0.29, 0.717) is 6.04 Å². The van der Waals surface area contributed by atoms with Gasteiger partial charge < -0.3 is 14.8 Å². The smallest absolute Gasteiger partial charge is 0.0304 e. The van der Waals surface area contributed by atoms with E-state index < -0.39 is 0 Å². The zero-order chi connectivity index (χ0) is 12.1. The highest BCUT2D eigenvalue weighted by Crippen LogP contribution is 2.13. The Morgan fingerprint density at radius 1 is 1.29 bits per heavy atom.